The van der Waals surface area contributed by atoms with E-state index in [2.05, 4.69) is 36.7 Å². The number of halogens is 1. The molecule has 0 aliphatic carbocycles. The number of rotatable bonds is 4. The molecule has 1 amide bonds. The van der Waals surface area contributed by atoms with Crippen LogP contribution in [-0.4, -0.2) is 26.7 Å². The third kappa shape index (κ3) is 3.51. The van der Waals surface area contributed by atoms with Crippen LogP contribution in [0.2, 0.25) is 0 Å². The van der Waals surface area contributed by atoms with Gasteiger partial charge in [0.2, 0.25) is 0 Å². The molecule has 0 fully saturated rings. The number of amides is 1. The van der Waals surface area contributed by atoms with Gasteiger partial charge in [-0.1, -0.05) is 0 Å². The normalized spacial score (nSPS) is 11.2. The zero-order valence-electron chi connectivity index (χ0n) is 10.8. The molecule has 21 heavy (non-hydrogen) atoms. The van der Waals surface area contributed by atoms with E-state index in [1.807, 2.05) is 0 Å². The Balaban J connectivity index is 2.09. The van der Waals surface area contributed by atoms with E-state index in [-0.39, 0.29) is 11.4 Å². The van der Waals surface area contributed by atoms with Crippen molar-refractivity contribution in [2.75, 3.05) is 0 Å². The van der Waals surface area contributed by atoms with E-state index in [1.165, 1.54) is 18.3 Å². The predicted octanol–water partition coefficient (Wildman–Crippen LogP) is 2.23. The molecule has 1 aromatic heterocycles. The maximum atomic E-state index is 11.8. The molecule has 108 valence electrons. The van der Waals surface area contributed by atoms with Gasteiger partial charge in [-0.05, 0) is 40.5 Å². The predicted molar refractivity (Wildman–Crippen MR) is 79.1 cm³/mol. The molecule has 0 saturated carbocycles. The maximum absolute atomic E-state index is 11.8. The SMILES string of the molecule is CC(=NNC(=O)c1[nH]ncc1Br)c1ccc([N+](=O)[O-])cc1. The van der Waals surface area contributed by atoms with Crippen molar-refractivity contribution in [3.63, 3.8) is 0 Å². The summed E-state index contributed by atoms with van der Waals surface area (Å²) < 4.78 is 0.531. The lowest BCUT2D eigenvalue weighted by Gasteiger charge is -2.02. The van der Waals surface area contributed by atoms with E-state index in [0.717, 1.165) is 0 Å². The Labute approximate surface area is 127 Å². The van der Waals surface area contributed by atoms with Crippen LogP contribution in [0.25, 0.3) is 0 Å². The van der Waals surface area contributed by atoms with Gasteiger partial charge in [0.1, 0.15) is 5.69 Å². The molecule has 0 aliphatic heterocycles. The number of benzene rings is 1. The lowest BCUT2D eigenvalue weighted by atomic mass is 10.1. The summed E-state index contributed by atoms with van der Waals surface area (Å²) in [5.74, 6) is -0.444. The highest BCUT2D eigenvalue weighted by Gasteiger charge is 2.11. The molecule has 0 unspecified atom stereocenters. The Morgan fingerprint density at radius 2 is 2.10 bits per heavy atom. The Morgan fingerprint density at radius 1 is 1.43 bits per heavy atom. The van der Waals surface area contributed by atoms with Gasteiger partial charge in [-0.15, -0.1) is 0 Å². The summed E-state index contributed by atoms with van der Waals surface area (Å²) in [4.78, 5) is 21.9. The fraction of sp³-hybridized carbons (Fsp3) is 0.0833. The smallest absolute Gasteiger partial charge is 0.272 e. The van der Waals surface area contributed by atoms with Crippen molar-refractivity contribution in [2.45, 2.75) is 6.92 Å². The van der Waals surface area contributed by atoms with Crippen LogP contribution in [0.15, 0.2) is 40.0 Å². The first-order valence-electron chi connectivity index (χ1n) is 5.77. The van der Waals surface area contributed by atoms with Crippen molar-refractivity contribution in [3.05, 3.63) is 56.3 Å². The van der Waals surface area contributed by atoms with Crippen LogP contribution in [0, 0.1) is 10.1 Å². The van der Waals surface area contributed by atoms with Crippen molar-refractivity contribution in [1.29, 1.82) is 0 Å². The Kier molecular flexibility index (Phi) is 4.43. The first-order valence-corrected chi connectivity index (χ1v) is 6.56. The number of H-pyrrole nitrogens is 1. The molecule has 1 aromatic carbocycles. The van der Waals surface area contributed by atoms with E-state index in [9.17, 15) is 14.9 Å². The summed E-state index contributed by atoms with van der Waals surface area (Å²) in [5, 5.41) is 20.8. The second kappa shape index (κ2) is 6.27. The number of aromatic nitrogens is 2. The lowest BCUT2D eigenvalue weighted by Crippen LogP contribution is -2.20. The zero-order chi connectivity index (χ0) is 15.4. The highest BCUT2D eigenvalue weighted by molar-refractivity contribution is 9.10. The molecule has 2 rings (SSSR count). The quantitative estimate of drug-likeness (QED) is 0.499. The number of hydrazone groups is 1. The monoisotopic (exact) mass is 351 g/mol. The average molecular weight is 352 g/mol. The summed E-state index contributed by atoms with van der Waals surface area (Å²) in [6.07, 6.45) is 1.46. The van der Waals surface area contributed by atoms with Gasteiger partial charge >= 0.3 is 0 Å². The van der Waals surface area contributed by atoms with Gasteiger partial charge in [0.05, 0.1) is 21.3 Å². The minimum Gasteiger partial charge on any atom is -0.272 e. The molecule has 0 spiro atoms. The van der Waals surface area contributed by atoms with E-state index in [0.29, 0.717) is 15.7 Å². The van der Waals surface area contributed by atoms with Crippen LogP contribution in [0.4, 0.5) is 5.69 Å². The van der Waals surface area contributed by atoms with Crippen molar-refractivity contribution in [3.8, 4) is 0 Å². The number of aromatic amines is 1. The van der Waals surface area contributed by atoms with Crippen LogP contribution in [0.3, 0.4) is 0 Å². The van der Waals surface area contributed by atoms with E-state index < -0.39 is 10.8 Å². The minimum absolute atomic E-state index is 0.00280. The Morgan fingerprint density at radius 3 is 2.62 bits per heavy atom. The molecule has 0 atom stereocenters. The Bertz CT molecular complexity index is 708. The maximum Gasteiger partial charge on any atom is 0.290 e. The topological polar surface area (TPSA) is 113 Å². The number of nitrogens with zero attached hydrogens (tertiary/aromatic N) is 3. The molecule has 9 heteroatoms. The number of carbonyl (C=O) groups is 1. The number of carbonyl (C=O) groups excluding carboxylic acids is 1. The second-order valence-electron chi connectivity index (χ2n) is 4.04. The van der Waals surface area contributed by atoms with Crippen molar-refractivity contribution < 1.29 is 9.72 Å². The summed E-state index contributed by atoms with van der Waals surface area (Å²) >= 11 is 3.17. The third-order valence-electron chi connectivity index (χ3n) is 2.64. The van der Waals surface area contributed by atoms with Crippen LogP contribution >= 0.6 is 15.9 Å². The fourth-order valence-corrected chi connectivity index (χ4v) is 1.88. The van der Waals surface area contributed by atoms with Gasteiger partial charge < -0.3 is 0 Å². The number of nitro benzene ring substituents is 1. The van der Waals surface area contributed by atoms with Gasteiger partial charge in [-0.2, -0.15) is 10.2 Å². The molecular weight excluding hydrogens is 342 g/mol. The van der Waals surface area contributed by atoms with Crippen molar-refractivity contribution in [2.24, 2.45) is 5.10 Å². The highest BCUT2D eigenvalue weighted by Crippen LogP contribution is 2.13. The minimum atomic E-state index is -0.478. The number of hydrogen-bond acceptors (Lipinski definition) is 5. The van der Waals surface area contributed by atoms with Crippen molar-refractivity contribution >= 4 is 33.2 Å². The standard InChI is InChI=1S/C12H10BrN5O3/c1-7(8-2-4-9(5-3-8)18(20)21)15-17-12(19)11-10(13)6-14-16-11/h2-6H,1H3,(H,14,16)(H,17,19). The lowest BCUT2D eigenvalue weighted by molar-refractivity contribution is -0.384. The summed E-state index contributed by atoms with van der Waals surface area (Å²) in [6, 6.07) is 5.88. The van der Waals surface area contributed by atoms with Gasteiger partial charge in [-0.3, -0.25) is 20.0 Å². The summed E-state index contributed by atoms with van der Waals surface area (Å²) in [5.41, 5.74) is 3.83. The van der Waals surface area contributed by atoms with Gasteiger partial charge in [-0.25, -0.2) is 5.43 Å². The van der Waals surface area contributed by atoms with Gasteiger partial charge in [0.25, 0.3) is 11.6 Å². The van der Waals surface area contributed by atoms with Crippen LogP contribution in [0.1, 0.15) is 23.0 Å². The summed E-state index contributed by atoms with van der Waals surface area (Å²) in [7, 11) is 0. The fourth-order valence-electron chi connectivity index (χ4n) is 1.51. The van der Waals surface area contributed by atoms with E-state index in [4.69, 9.17) is 0 Å². The van der Waals surface area contributed by atoms with Crippen LogP contribution in [0.5, 0.6) is 0 Å². The molecule has 8 nitrogen and oxygen atoms in total. The molecule has 2 aromatic rings. The number of nitro groups is 1. The average Bonchev–Trinajstić information content (AvgIpc) is 2.90. The van der Waals surface area contributed by atoms with Gasteiger partial charge in [0, 0.05) is 12.1 Å². The van der Waals surface area contributed by atoms with Crippen LogP contribution in [-0.2, 0) is 0 Å². The zero-order valence-corrected chi connectivity index (χ0v) is 12.4. The highest BCUT2D eigenvalue weighted by atomic mass is 79.9. The summed E-state index contributed by atoms with van der Waals surface area (Å²) in [6.45, 7) is 1.68. The largest absolute Gasteiger partial charge is 0.290 e. The molecule has 2 N–H and O–H groups in total. The van der Waals surface area contributed by atoms with Crippen molar-refractivity contribution in [1.82, 2.24) is 15.6 Å². The van der Waals surface area contributed by atoms with E-state index >= 15 is 0 Å². The first-order chi connectivity index (χ1) is 9.99. The molecule has 0 saturated heterocycles. The molecule has 0 radical (unpaired) electrons. The molecule has 0 bridgehead atoms. The second-order valence-corrected chi connectivity index (χ2v) is 4.89. The molecule has 0 aliphatic rings. The molecule has 1 heterocycles. The first kappa shape index (κ1) is 14.9. The number of nitrogens with one attached hydrogen (secondary N) is 2. The van der Waals surface area contributed by atoms with E-state index in [1.54, 1.807) is 19.1 Å². The molecular formula is C12H10BrN5O3. The number of non-ortho nitro benzene ring substituents is 1. The van der Waals surface area contributed by atoms with Crippen LogP contribution < -0.4 is 5.43 Å². The Hall–Kier alpha value is -2.55. The third-order valence-corrected chi connectivity index (χ3v) is 3.24. The van der Waals surface area contributed by atoms with Gasteiger partial charge in [0.15, 0.2) is 0 Å². The number of hydrogen-bond donors (Lipinski definition) is 2.